The van der Waals surface area contributed by atoms with Crippen molar-refractivity contribution >= 4 is 17.6 Å². The summed E-state index contributed by atoms with van der Waals surface area (Å²) < 4.78 is 10.4. The highest BCUT2D eigenvalue weighted by Gasteiger charge is 2.62. The van der Waals surface area contributed by atoms with Crippen LogP contribution in [-0.2, 0) is 20.9 Å². The summed E-state index contributed by atoms with van der Waals surface area (Å²) in [4.78, 5) is 35.9. The molecule has 0 aliphatic heterocycles. The van der Waals surface area contributed by atoms with Crippen LogP contribution >= 0.6 is 0 Å². The van der Waals surface area contributed by atoms with Crippen LogP contribution in [0.3, 0.4) is 0 Å². The molecule has 242 valence electrons. The van der Waals surface area contributed by atoms with Gasteiger partial charge in [0.15, 0.2) is 0 Å². The van der Waals surface area contributed by atoms with Crippen molar-refractivity contribution in [2.75, 3.05) is 6.61 Å². The minimum atomic E-state index is -0.688. The highest BCUT2D eigenvalue weighted by Crippen LogP contribution is 2.68. The molecule has 5 rings (SSSR count). The third-order valence-electron chi connectivity index (χ3n) is 12.5. The van der Waals surface area contributed by atoms with Crippen molar-refractivity contribution in [2.24, 2.45) is 46.3 Å². The number of carbonyl (C=O) groups is 2. The van der Waals surface area contributed by atoms with E-state index in [1.54, 1.807) is 0 Å². The molecule has 0 heterocycles. The topological polar surface area (TPSA) is 136 Å². The molecule has 4 fully saturated rings. The molecule has 4 saturated carbocycles. The fourth-order valence-electron chi connectivity index (χ4n) is 10.2. The molecule has 1 aromatic carbocycles. The van der Waals surface area contributed by atoms with Gasteiger partial charge in [-0.2, -0.15) is 0 Å². The fraction of sp³-hybridized carbons (Fsp3) is 0.714. The molecule has 0 radical (unpaired) electrons. The van der Waals surface area contributed by atoms with Gasteiger partial charge in [0.25, 0.3) is 5.69 Å². The molecule has 4 unspecified atom stereocenters. The number of fused-ring (bicyclic) bond motifs is 5. The molecular formula is C35H49NO8. The minimum absolute atomic E-state index is 0.000232. The van der Waals surface area contributed by atoms with Gasteiger partial charge in [-0.15, -0.1) is 0 Å². The second-order valence-electron chi connectivity index (χ2n) is 14.6. The van der Waals surface area contributed by atoms with Crippen LogP contribution in [0.2, 0.25) is 0 Å². The molecule has 0 saturated heterocycles. The molecule has 0 bridgehead atoms. The molecule has 0 amide bonds. The molecule has 9 nitrogen and oxygen atoms in total. The minimum Gasteiger partial charge on any atom is -0.461 e. The molecule has 44 heavy (non-hydrogen) atoms. The highest BCUT2D eigenvalue weighted by molar-refractivity contribution is 5.90. The maximum absolute atomic E-state index is 12.8. The zero-order valence-electron chi connectivity index (χ0n) is 26.4. The van der Waals surface area contributed by atoms with E-state index in [-0.39, 0.29) is 59.5 Å². The van der Waals surface area contributed by atoms with Crippen molar-refractivity contribution in [1.82, 2.24) is 0 Å². The first-order valence-electron chi connectivity index (χ1n) is 16.5. The number of esters is 2. The second kappa shape index (κ2) is 12.9. The zero-order valence-corrected chi connectivity index (χ0v) is 26.4. The van der Waals surface area contributed by atoms with Crippen molar-refractivity contribution in [3.8, 4) is 0 Å². The predicted molar refractivity (Wildman–Crippen MR) is 164 cm³/mol. The van der Waals surface area contributed by atoms with Crippen molar-refractivity contribution in [3.63, 3.8) is 0 Å². The summed E-state index contributed by atoms with van der Waals surface area (Å²) >= 11 is 0. The quantitative estimate of drug-likeness (QED) is 0.134. The lowest BCUT2D eigenvalue weighted by atomic mass is 9.43. The molecule has 4 aliphatic rings. The Balaban J connectivity index is 1.17. The third-order valence-corrected chi connectivity index (χ3v) is 12.5. The standard InChI is InChI=1S/C35H49NO8/c1-5-16-43-33(40)22-7-8-23(29(17-22)36(41)42)20-44-31(39)11-6-21(2)26-9-10-27-32-28(13-15-35(26,27)4)34(3)14-12-25(37)18-24(34)19-30(32)38/h5,7-8,17,21,24-28,30,32,37-38H,1,6,9-16,18-20H2,2-4H3/t21-,24-,25+,26?,27?,28?,30+,32?,34-,35+/m0/s1. The van der Waals surface area contributed by atoms with Gasteiger partial charge in [0.05, 0.1) is 28.3 Å². The van der Waals surface area contributed by atoms with E-state index in [9.17, 15) is 29.9 Å². The monoisotopic (exact) mass is 611 g/mol. The average Bonchev–Trinajstić information content (AvgIpc) is 3.35. The van der Waals surface area contributed by atoms with Gasteiger partial charge in [0, 0.05) is 12.5 Å². The van der Waals surface area contributed by atoms with Gasteiger partial charge in [0.2, 0.25) is 0 Å². The van der Waals surface area contributed by atoms with Crippen molar-refractivity contribution in [2.45, 2.75) is 104 Å². The van der Waals surface area contributed by atoms with E-state index in [1.165, 1.54) is 18.2 Å². The van der Waals surface area contributed by atoms with Crippen LogP contribution in [0.1, 0.15) is 101 Å². The van der Waals surface area contributed by atoms with Gasteiger partial charge in [-0.25, -0.2) is 4.79 Å². The molecule has 4 aliphatic carbocycles. The van der Waals surface area contributed by atoms with Crippen LogP contribution in [0, 0.1) is 56.5 Å². The normalized spacial score (nSPS) is 36.7. The number of nitro groups is 1. The summed E-state index contributed by atoms with van der Waals surface area (Å²) in [5.41, 5.74) is 0.287. The van der Waals surface area contributed by atoms with Crippen LogP contribution in [0.15, 0.2) is 30.9 Å². The van der Waals surface area contributed by atoms with Gasteiger partial charge in [-0.05, 0) is 116 Å². The Morgan fingerprint density at radius 2 is 1.82 bits per heavy atom. The van der Waals surface area contributed by atoms with E-state index in [0.29, 0.717) is 41.9 Å². The van der Waals surface area contributed by atoms with Crippen LogP contribution in [-0.4, -0.2) is 45.9 Å². The molecule has 2 N–H and O–H groups in total. The first kappa shape index (κ1) is 32.6. The van der Waals surface area contributed by atoms with Crippen LogP contribution in [0.4, 0.5) is 5.69 Å². The second-order valence-corrected chi connectivity index (χ2v) is 14.6. The third kappa shape index (κ3) is 6.06. The number of rotatable bonds is 10. The van der Waals surface area contributed by atoms with E-state index in [1.807, 2.05) is 0 Å². The first-order chi connectivity index (χ1) is 20.9. The number of carbonyl (C=O) groups excluding carboxylic acids is 2. The molecule has 0 aromatic heterocycles. The predicted octanol–water partition coefficient (Wildman–Crippen LogP) is 6.39. The Kier molecular flexibility index (Phi) is 9.57. The van der Waals surface area contributed by atoms with Crippen LogP contribution in [0.25, 0.3) is 0 Å². The number of aliphatic hydroxyl groups is 2. The molecule has 0 spiro atoms. The van der Waals surface area contributed by atoms with E-state index in [2.05, 4.69) is 27.4 Å². The number of aliphatic hydroxyl groups excluding tert-OH is 2. The van der Waals surface area contributed by atoms with Crippen LogP contribution in [0.5, 0.6) is 0 Å². The summed E-state index contributed by atoms with van der Waals surface area (Å²) in [6, 6.07) is 3.99. The number of hydrogen-bond acceptors (Lipinski definition) is 8. The van der Waals surface area contributed by atoms with E-state index >= 15 is 0 Å². The lowest BCUT2D eigenvalue weighted by Gasteiger charge is -2.62. The largest absolute Gasteiger partial charge is 0.461 e. The maximum atomic E-state index is 12.8. The number of nitro benzene ring substituents is 1. The fourth-order valence-corrected chi connectivity index (χ4v) is 10.2. The first-order valence-corrected chi connectivity index (χ1v) is 16.5. The lowest BCUT2D eigenvalue weighted by molar-refractivity contribution is -0.385. The van der Waals surface area contributed by atoms with E-state index < -0.39 is 16.9 Å². The zero-order chi connectivity index (χ0) is 31.8. The number of ether oxygens (including phenoxy) is 2. The Hall–Kier alpha value is -2.78. The smallest absolute Gasteiger partial charge is 0.338 e. The molecule has 9 heteroatoms. The summed E-state index contributed by atoms with van der Waals surface area (Å²) in [6.45, 7) is 10.3. The Morgan fingerprint density at radius 3 is 2.55 bits per heavy atom. The van der Waals surface area contributed by atoms with Crippen molar-refractivity contribution in [1.29, 1.82) is 0 Å². The maximum Gasteiger partial charge on any atom is 0.338 e. The summed E-state index contributed by atoms with van der Waals surface area (Å²) in [5, 5.41) is 33.5. The van der Waals surface area contributed by atoms with E-state index in [4.69, 9.17) is 9.47 Å². The van der Waals surface area contributed by atoms with Gasteiger partial charge in [-0.1, -0.05) is 33.4 Å². The average molecular weight is 612 g/mol. The SMILES string of the molecule is C=CCOC(=O)c1ccc(COC(=O)CC[C@H](C)C2CCC3C4C(CC[C@@]32C)[C@@]2(C)CC[C@@H](O)C[C@H]2C[C@H]4O)c([N+](=O)[O-])c1. The number of nitrogens with zero attached hydrogens (tertiary/aromatic N) is 1. The van der Waals surface area contributed by atoms with Gasteiger partial charge >= 0.3 is 11.9 Å². The van der Waals surface area contributed by atoms with Gasteiger partial charge in [-0.3, -0.25) is 14.9 Å². The molecule has 1 aromatic rings. The van der Waals surface area contributed by atoms with Crippen molar-refractivity contribution < 1.29 is 34.2 Å². The Morgan fingerprint density at radius 1 is 1.09 bits per heavy atom. The van der Waals surface area contributed by atoms with Gasteiger partial charge < -0.3 is 19.7 Å². The Bertz CT molecular complexity index is 1270. The van der Waals surface area contributed by atoms with E-state index in [0.717, 1.165) is 57.4 Å². The van der Waals surface area contributed by atoms with Gasteiger partial charge in [0.1, 0.15) is 13.2 Å². The molecular weight excluding hydrogens is 562 g/mol. The number of benzene rings is 1. The lowest BCUT2D eigenvalue weighted by Crippen LogP contribution is -2.58. The van der Waals surface area contributed by atoms with Crippen molar-refractivity contribution in [3.05, 3.63) is 52.1 Å². The van der Waals surface area contributed by atoms with Crippen LogP contribution < -0.4 is 0 Å². The molecule has 10 atom stereocenters. The summed E-state index contributed by atoms with van der Waals surface area (Å²) in [5.74, 6) is 1.35. The summed E-state index contributed by atoms with van der Waals surface area (Å²) in [7, 11) is 0. The summed E-state index contributed by atoms with van der Waals surface area (Å²) in [6.07, 6.45) is 9.77. The highest BCUT2D eigenvalue weighted by atomic mass is 16.6. The Labute approximate surface area is 260 Å². The number of hydrogen-bond donors (Lipinski definition) is 2.